The van der Waals surface area contributed by atoms with Gasteiger partial charge in [0.1, 0.15) is 23.0 Å². The van der Waals surface area contributed by atoms with Crippen molar-refractivity contribution < 1.29 is 9.90 Å². The van der Waals surface area contributed by atoms with Crippen LogP contribution in [-0.2, 0) is 4.79 Å². The maximum absolute atomic E-state index is 11.2. The maximum atomic E-state index is 11.2. The number of nitrogens with two attached hydrogens (primary N) is 1. The van der Waals surface area contributed by atoms with Gasteiger partial charge in [0.2, 0.25) is 5.95 Å². The first-order valence-corrected chi connectivity index (χ1v) is 8.88. The largest absolute Gasteiger partial charge is 0.378 e. The Hall–Kier alpha value is -3.27. The van der Waals surface area contributed by atoms with Crippen molar-refractivity contribution in [3.63, 3.8) is 0 Å². The van der Waals surface area contributed by atoms with Crippen LogP contribution in [0.25, 0.3) is 11.0 Å². The van der Waals surface area contributed by atoms with Crippen molar-refractivity contribution in [3.8, 4) is 0 Å². The molecular formula is C18H24N8O2. The molecule has 0 saturated carbocycles. The molecule has 3 aromatic rings. The molecule has 1 unspecified atom stereocenters. The van der Waals surface area contributed by atoms with Gasteiger partial charge in [0.15, 0.2) is 5.60 Å². The fourth-order valence-corrected chi connectivity index (χ4v) is 2.82. The third kappa shape index (κ3) is 4.01. The Morgan fingerprint density at radius 3 is 2.75 bits per heavy atom. The monoisotopic (exact) mass is 384 g/mol. The van der Waals surface area contributed by atoms with Crippen molar-refractivity contribution in [2.75, 3.05) is 17.2 Å². The predicted molar refractivity (Wildman–Crippen MR) is 106 cm³/mol. The minimum atomic E-state index is -1.70. The van der Waals surface area contributed by atoms with Crippen molar-refractivity contribution >= 4 is 34.5 Å². The van der Waals surface area contributed by atoms with Crippen molar-refractivity contribution in [2.45, 2.75) is 39.3 Å². The van der Waals surface area contributed by atoms with Crippen LogP contribution in [0.1, 0.15) is 32.6 Å². The van der Waals surface area contributed by atoms with Crippen LogP contribution in [0.3, 0.4) is 0 Å². The van der Waals surface area contributed by atoms with E-state index in [4.69, 9.17) is 5.73 Å². The van der Waals surface area contributed by atoms with E-state index in [0.717, 1.165) is 16.9 Å². The zero-order valence-corrected chi connectivity index (χ0v) is 16.3. The Kier molecular flexibility index (Phi) is 5.14. The SMILES string of the molecule is Cc1nc2cnc(Nc3ccnc(NCC(C)(O)C(N)=O)n3)cc2n1C(C)C. The Morgan fingerprint density at radius 2 is 2.07 bits per heavy atom. The van der Waals surface area contributed by atoms with E-state index in [1.807, 2.05) is 13.0 Å². The minimum absolute atomic E-state index is 0.108. The van der Waals surface area contributed by atoms with Gasteiger partial charge >= 0.3 is 0 Å². The summed E-state index contributed by atoms with van der Waals surface area (Å²) in [6.07, 6.45) is 3.27. The smallest absolute Gasteiger partial charge is 0.250 e. The molecule has 3 heterocycles. The number of imidazole rings is 1. The number of nitrogens with one attached hydrogen (secondary N) is 2. The zero-order chi connectivity index (χ0) is 20.5. The molecule has 148 valence electrons. The maximum Gasteiger partial charge on any atom is 0.250 e. The fraction of sp³-hybridized carbons (Fsp3) is 0.389. The third-order valence-electron chi connectivity index (χ3n) is 4.30. The molecule has 1 atom stereocenters. The lowest BCUT2D eigenvalue weighted by atomic mass is 10.1. The van der Waals surface area contributed by atoms with Gasteiger partial charge in [-0.3, -0.25) is 4.79 Å². The van der Waals surface area contributed by atoms with Crippen LogP contribution in [0.4, 0.5) is 17.6 Å². The van der Waals surface area contributed by atoms with E-state index in [2.05, 4.69) is 49.0 Å². The van der Waals surface area contributed by atoms with Gasteiger partial charge in [0.05, 0.1) is 18.3 Å². The van der Waals surface area contributed by atoms with Gasteiger partial charge in [-0.15, -0.1) is 0 Å². The molecule has 1 amide bonds. The third-order valence-corrected chi connectivity index (χ3v) is 4.30. The van der Waals surface area contributed by atoms with Crippen LogP contribution in [0.15, 0.2) is 24.5 Å². The number of nitrogens with zero attached hydrogens (tertiary/aromatic N) is 5. The van der Waals surface area contributed by atoms with Crippen molar-refractivity contribution in [1.29, 1.82) is 0 Å². The highest BCUT2D eigenvalue weighted by Crippen LogP contribution is 2.23. The average Bonchev–Trinajstić information content (AvgIpc) is 2.95. The van der Waals surface area contributed by atoms with Gasteiger partial charge < -0.3 is 26.0 Å². The number of fused-ring (bicyclic) bond motifs is 1. The summed E-state index contributed by atoms with van der Waals surface area (Å²) in [5.41, 5.74) is 5.26. The molecule has 3 aromatic heterocycles. The van der Waals surface area contributed by atoms with Gasteiger partial charge in [-0.1, -0.05) is 0 Å². The van der Waals surface area contributed by atoms with E-state index in [1.165, 1.54) is 6.92 Å². The molecule has 0 aliphatic rings. The van der Waals surface area contributed by atoms with Crippen molar-refractivity contribution in [1.82, 2.24) is 24.5 Å². The number of aryl methyl sites for hydroxylation is 1. The average molecular weight is 384 g/mol. The highest BCUT2D eigenvalue weighted by molar-refractivity contribution is 5.83. The summed E-state index contributed by atoms with van der Waals surface area (Å²) in [6, 6.07) is 3.88. The van der Waals surface area contributed by atoms with E-state index in [1.54, 1.807) is 18.5 Å². The number of anilines is 3. The van der Waals surface area contributed by atoms with E-state index in [9.17, 15) is 9.90 Å². The first kappa shape index (κ1) is 19.5. The molecule has 5 N–H and O–H groups in total. The molecule has 0 fully saturated rings. The van der Waals surface area contributed by atoms with Gasteiger partial charge in [-0.2, -0.15) is 4.98 Å². The van der Waals surface area contributed by atoms with Crippen LogP contribution in [0.2, 0.25) is 0 Å². The molecule has 0 aliphatic carbocycles. The van der Waals surface area contributed by atoms with Crippen LogP contribution < -0.4 is 16.4 Å². The number of rotatable bonds is 7. The molecule has 3 rings (SSSR count). The predicted octanol–water partition coefficient (Wildman–Crippen LogP) is 1.50. The summed E-state index contributed by atoms with van der Waals surface area (Å²) in [6.45, 7) is 7.39. The van der Waals surface area contributed by atoms with Gasteiger partial charge in [0, 0.05) is 18.3 Å². The van der Waals surface area contributed by atoms with Gasteiger partial charge in [-0.25, -0.2) is 15.0 Å². The molecule has 10 heteroatoms. The van der Waals surface area contributed by atoms with E-state index < -0.39 is 11.5 Å². The molecule has 0 radical (unpaired) electrons. The second-order valence-corrected chi connectivity index (χ2v) is 7.06. The number of amides is 1. The molecule has 0 saturated heterocycles. The summed E-state index contributed by atoms with van der Waals surface area (Å²) in [5, 5.41) is 15.8. The lowest BCUT2D eigenvalue weighted by Crippen LogP contribution is -2.46. The summed E-state index contributed by atoms with van der Waals surface area (Å²) in [4.78, 5) is 28.5. The lowest BCUT2D eigenvalue weighted by molar-refractivity contribution is -0.133. The highest BCUT2D eigenvalue weighted by Gasteiger charge is 2.27. The molecule has 28 heavy (non-hydrogen) atoms. The summed E-state index contributed by atoms with van der Waals surface area (Å²) < 4.78 is 2.14. The Bertz CT molecular complexity index is 1010. The molecule has 0 bridgehead atoms. The normalized spacial score (nSPS) is 13.5. The van der Waals surface area contributed by atoms with Crippen molar-refractivity contribution in [2.24, 2.45) is 5.73 Å². The van der Waals surface area contributed by atoms with Gasteiger partial charge in [-0.05, 0) is 33.8 Å². The minimum Gasteiger partial charge on any atom is -0.378 e. The number of hydrogen-bond acceptors (Lipinski definition) is 8. The van der Waals surface area contributed by atoms with E-state index >= 15 is 0 Å². The van der Waals surface area contributed by atoms with E-state index in [0.29, 0.717) is 11.6 Å². The molecule has 0 spiro atoms. The Labute approximate surface area is 162 Å². The van der Waals surface area contributed by atoms with Crippen LogP contribution >= 0.6 is 0 Å². The Morgan fingerprint density at radius 1 is 1.32 bits per heavy atom. The molecule has 0 aliphatic heterocycles. The standard InChI is InChI=1S/C18H24N8O2/c1-10(2)26-11(3)23-12-8-21-15(7-13(12)26)24-14-5-6-20-17(25-14)22-9-18(4,28)16(19)27/h5-8,10,28H,9H2,1-4H3,(H2,19,27)(H2,20,21,22,24,25). The molecular weight excluding hydrogens is 360 g/mol. The summed E-state index contributed by atoms with van der Waals surface area (Å²) >= 11 is 0. The number of carbonyl (C=O) groups is 1. The number of primary amides is 1. The summed E-state index contributed by atoms with van der Waals surface area (Å²) in [7, 11) is 0. The first-order valence-electron chi connectivity index (χ1n) is 8.88. The van der Waals surface area contributed by atoms with Crippen LogP contribution in [0, 0.1) is 6.92 Å². The Balaban J connectivity index is 1.80. The molecule has 10 nitrogen and oxygen atoms in total. The number of carbonyl (C=O) groups excluding carboxylic acids is 1. The first-order chi connectivity index (χ1) is 13.2. The topological polar surface area (TPSA) is 144 Å². The zero-order valence-electron chi connectivity index (χ0n) is 16.3. The molecule has 0 aromatic carbocycles. The lowest BCUT2D eigenvalue weighted by Gasteiger charge is -2.19. The van der Waals surface area contributed by atoms with Crippen molar-refractivity contribution in [3.05, 3.63) is 30.4 Å². The van der Waals surface area contributed by atoms with Gasteiger partial charge in [0.25, 0.3) is 5.91 Å². The number of aromatic nitrogens is 5. The number of aliphatic hydroxyl groups is 1. The van der Waals surface area contributed by atoms with Crippen LogP contribution in [0.5, 0.6) is 0 Å². The quantitative estimate of drug-likeness (QED) is 0.480. The van der Waals surface area contributed by atoms with E-state index in [-0.39, 0.29) is 18.5 Å². The second-order valence-electron chi connectivity index (χ2n) is 7.06. The highest BCUT2D eigenvalue weighted by atomic mass is 16.3. The van der Waals surface area contributed by atoms with Crippen LogP contribution in [-0.4, -0.2) is 47.7 Å². The summed E-state index contributed by atoms with van der Waals surface area (Å²) in [5.74, 6) is 1.47. The second kappa shape index (κ2) is 7.39. The number of pyridine rings is 1. The number of hydrogen-bond donors (Lipinski definition) is 4. The fourth-order valence-electron chi connectivity index (χ4n) is 2.82.